The van der Waals surface area contributed by atoms with E-state index in [1.54, 1.807) is 0 Å². The van der Waals surface area contributed by atoms with Crippen molar-refractivity contribution in [3.05, 3.63) is 0 Å². The molecule has 0 bridgehead atoms. The first-order valence-electron chi connectivity index (χ1n) is 7.51. The highest BCUT2D eigenvalue weighted by atomic mass is 16.2. The summed E-state index contributed by atoms with van der Waals surface area (Å²) in [6.45, 7) is 11.7. The van der Waals surface area contributed by atoms with E-state index in [-0.39, 0.29) is 0 Å². The molecule has 18 heavy (non-hydrogen) atoms. The van der Waals surface area contributed by atoms with Crippen LogP contribution in [0.15, 0.2) is 0 Å². The number of carbonyl (C=O) groups is 1. The summed E-state index contributed by atoms with van der Waals surface area (Å²) in [4.78, 5) is 14.3. The largest absolute Gasteiger partial charge is 0.340 e. The maximum Gasteiger partial charge on any atom is 0.222 e. The fourth-order valence-electron chi connectivity index (χ4n) is 2.64. The predicted octanol–water partition coefficient (Wildman–Crippen LogP) is 2.66. The number of rotatable bonds is 6. The Bertz CT molecular complexity index is 245. The molecule has 0 aliphatic carbocycles. The highest BCUT2D eigenvalue weighted by Gasteiger charge is 2.20. The zero-order chi connectivity index (χ0) is 13.5. The Morgan fingerprint density at radius 1 is 1.22 bits per heavy atom. The maximum absolute atomic E-state index is 12.3. The molecule has 0 aromatic rings. The number of carbonyl (C=O) groups excluding carboxylic acids is 1. The molecule has 1 saturated heterocycles. The Morgan fingerprint density at radius 3 is 2.33 bits per heavy atom. The molecule has 1 aliphatic rings. The van der Waals surface area contributed by atoms with Gasteiger partial charge in [-0.15, -0.1) is 0 Å². The zero-order valence-corrected chi connectivity index (χ0v) is 12.5. The third-order valence-electron chi connectivity index (χ3n) is 3.73. The van der Waals surface area contributed by atoms with Crippen LogP contribution in [-0.2, 0) is 4.79 Å². The Morgan fingerprint density at radius 2 is 1.83 bits per heavy atom. The van der Waals surface area contributed by atoms with Crippen LogP contribution in [0.2, 0.25) is 0 Å². The van der Waals surface area contributed by atoms with Crippen molar-refractivity contribution < 1.29 is 4.79 Å². The first-order chi connectivity index (χ1) is 8.50. The smallest absolute Gasteiger partial charge is 0.222 e. The summed E-state index contributed by atoms with van der Waals surface area (Å²) in [7, 11) is 0. The van der Waals surface area contributed by atoms with Crippen LogP contribution in [0.1, 0.15) is 53.4 Å². The Kier molecular flexibility index (Phi) is 6.69. The molecule has 0 spiro atoms. The van der Waals surface area contributed by atoms with Gasteiger partial charge in [0.15, 0.2) is 0 Å². The molecule has 106 valence electrons. The lowest BCUT2D eigenvalue weighted by atomic mass is 9.93. The average Bonchev–Trinajstić information content (AvgIpc) is 2.34. The molecule has 0 atom stereocenters. The molecule has 0 aromatic carbocycles. The van der Waals surface area contributed by atoms with Gasteiger partial charge in [0, 0.05) is 19.0 Å². The van der Waals surface area contributed by atoms with Crippen molar-refractivity contribution in [1.29, 1.82) is 0 Å². The second-order valence-electron chi connectivity index (χ2n) is 6.27. The number of nitrogens with one attached hydrogen (secondary N) is 1. The maximum atomic E-state index is 12.3. The summed E-state index contributed by atoms with van der Waals surface area (Å²) < 4.78 is 0. The van der Waals surface area contributed by atoms with Gasteiger partial charge in [-0.2, -0.15) is 0 Å². The molecule has 1 rings (SSSR count). The van der Waals surface area contributed by atoms with Gasteiger partial charge >= 0.3 is 0 Å². The molecule has 3 heteroatoms. The fraction of sp³-hybridized carbons (Fsp3) is 0.933. The summed E-state index contributed by atoms with van der Waals surface area (Å²) in [6, 6.07) is 0.327. The molecule has 0 saturated carbocycles. The summed E-state index contributed by atoms with van der Waals surface area (Å²) in [5.74, 6) is 1.65. The van der Waals surface area contributed by atoms with Gasteiger partial charge < -0.3 is 10.2 Å². The van der Waals surface area contributed by atoms with Gasteiger partial charge in [0.25, 0.3) is 0 Å². The Labute approximate surface area is 112 Å². The van der Waals surface area contributed by atoms with Crippen LogP contribution in [0.5, 0.6) is 0 Å². The number of nitrogens with zero attached hydrogens (tertiary/aromatic N) is 1. The van der Waals surface area contributed by atoms with Crippen LogP contribution in [0, 0.1) is 11.8 Å². The van der Waals surface area contributed by atoms with Crippen LogP contribution in [-0.4, -0.2) is 36.5 Å². The first-order valence-corrected chi connectivity index (χ1v) is 7.51. The van der Waals surface area contributed by atoms with Crippen molar-refractivity contribution in [3.63, 3.8) is 0 Å². The van der Waals surface area contributed by atoms with Gasteiger partial charge in [-0.3, -0.25) is 4.79 Å². The standard InChI is InChI=1S/C15H30N2O/c1-12(2)11-17(13(3)4)15(18)6-5-14-7-9-16-10-8-14/h12-14,16H,5-11H2,1-4H3. The summed E-state index contributed by atoms with van der Waals surface area (Å²) in [5, 5.41) is 3.37. The minimum absolute atomic E-state index is 0.327. The van der Waals surface area contributed by atoms with Crippen LogP contribution >= 0.6 is 0 Å². The first kappa shape index (κ1) is 15.5. The molecule has 3 nitrogen and oxygen atoms in total. The van der Waals surface area contributed by atoms with Gasteiger partial charge in [-0.25, -0.2) is 0 Å². The SMILES string of the molecule is CC(C)CN(C(=O)CCC1CCNCC1)C(C)C. The molecular formula is C15H30N2O. The van der Waals surface area contributed by atoms with Crippen molar-refractivity contribution >= 4 is 5.91 Å². The molecule has 0 aromatic heterocycles. The van der Waals surface area contributed by atoms with Crippen molar-refractivity contribution in [1.82, 2.24) is 10.2 Å². The quantitative estimate of drug-likeness (QED) is 0.790. The fourth-order valence-corrected chi connectivity index (χ4v) is 2.64. The van der Waals surface area contributed by atoms with E-state index in [1.165, 1.54) is 12.8 Å². The van der Waals surface area contributed by atoms with Crippen molar-refractivity contribution in [2.45, 2.75) is 59.4 Å². The van der Waals surface area contributed by atoms with Crippen molar-refractivity contribution in [3.8, 4) is 0 Å². The summed E-state index contributed by atoms with van der Waals surface area (Å²) in [6.07, 6.45) is 4.27. The third-order valence-corrected chi connectivity index (χ3v) is 3.73. The zero-order valence-electron chi connectivity index (χ0n) is 12.5. The lowest BCUT2D eigenvalue weighted by Gasteiger charge is -2.30. The highest BCUT2D eigenvalue weighted by Crippen LogP contribution is 2.19. The Hall–Kier alpha value is -0.570. The van der Waals surface area contributed by atoms with Crippen LogP contribution in [0.4, 0.5) is 0 Å². The van der Waals surface area contributed by atoms with Crippen LogP contribution in [0.25, 0.3) is 0 Å². The molecule has 1 aliphatic heterocycles. The molecule has 1 N–H and O–H groups in total. The average molecular weight is 254 g/mol. The lowest BCUT2D eigenvalue weighted by Crippen LogP contribution is -2.39. The minimum Gasteiger partial charge on any atom is -0.340 e. The van der Waals surface area contributed by atoms with Gasteiger partial charge in [0.1, 0.15) is 0 Å². The molecule has 0 radical (unpaired) electrons. The molecule has 1 amide bonds. The third kappa shape index (κ3) is 5.38. The number of hydrogen-bond acceptors (Lipinski definition) is 2. The minimum atomic E-state index is 0.327. The van der Waals surface area contributed by atoms with E-state index in [4.69, 9.17) is 0 Å². The topological polar surface area (TPSA) is 32.3 Å². The van der Waals surface area contributed by atoms with E-state index in [0.29, 0.717) is 17.9 Å². The number of hydrogen-bond donors (Lipinski definition) is 1. The lowest BCUT2D eigenvalue weighted by molar-refractivity contribution is -0.133. The van der Waals surface area contributed by atoms with E-state index in [9.17, 15) is 4.79 Å². The van der Waals surface area contributed by atoms with E-state index in [1.807, 2.05) is 4.90 Å². The van der Waals surface area contributed by atoms with E-state index in [0.717, 1.165) is 38.4 Å². The van der Waals surface area contributed by atoms with Gasteiger partial charge in [-0.05, 0) is 58.0 Å². The van der Waals surface area contributed by atoms with E-state index < -0.39 is 0 Å². The predicted molar refractivity (Wildman–Crippen MR) is 76.5 cm³/mol. The van der Waals surface area contributed by atoms with E-state index >= 15 is 0 Å². The highest BCUT2D eigenvalue weighted by molar-refractivity contribution is 5.76. The summed E-state index contributed by atoms with van der Waals surface area (Å²) >= 11 is 0. The van der Waals surface area contributed by atoms with Gasteiger partial charge in [0.2, 0.25) is 5.91 Å². The second-order valence-corrected chi connectivity index (χ2v) is 6.27. The number of amides is 1. The summed E-state index contributed by atoms with van der Waals surface area (Å²) in [5.41, 5.74) is 0. The Balaban J connectivity index is 2.35. The van der Waals surface area contributed by atoms with Crippen LogP contribution < -0.4 is 5.32 Å². The molecule has 1 fully saturated rings. The molecule has 1 heterocycles. The monoisotopic (exact) mass is 254 g/mol. The van der Waals surface area contributed by atoms with Crippen molar-refractivity contribution in [2.24, 2.45) is 11.8 Å². The molecular weight excluding hydrogens is 224 g/mol. The van der Waals surface area contributed by atoms with Gasteiger partial charge in [-0.1, -0.05) is 13.8 Å². The van der Waals surface area contributed by atoms with Crippen LogP contribution in [0.3, 0.4) is 0 Å². The molecule has 0 unspecified atom stereocenters. The number of piperidine rings is 1. The van der Waals surface area contributed by atoms with E-state index in [2.05, 4.69) is 33.0 Å². The normalized spacial score (nSPS) is 17.4. The van der Waals surface area contributed by atoms with Crippen molar-refractivity contribution in [2.75, 3.05) is 19.6 Å². The van der Waals surface area contributed by atoms with Gasteiger partial charge in [0.05, 0.1) is 0 Å². The second kappa shape index (κ2) is 7.78.